The number of hydrogen-bond donors (Lipinski definition) is 2. The van der Waals surface area contributed by atoms with E-state index in [1.807, 2.05) is 0 Å². The van der Waals surface area contributed by atoms with E-state index in [4.69, 9.17) is 5.73 Å². The van der Waals surface area contributed by atoms with Crippen LogP contribution in [0, 0.1) is 10.1 Å². The Morgan fingerprint density at radius 1 is 1.31 bits per heavy atom. The van der Waals surface area contributed by atoms with Crippen molar-refractivity contribution in [2.45, 2.75) is 0 Å². The van der Waals surface area contributed by atoms with E-state index in [-0.39, 0.29) is 17.4 Å². The second-order valence-electron chi connectivity index (χ2n) is 5.21. The zero-order valence-electron chi connectivity index (χ0n) is 13.0. The van der Waals surface area contributed by atoms with Crippen LogP contribution in [0.1, 0.15) is 5.56 Å². The molecule has 3 aromatic rings. The minimum atomic E-state index is -0.476. The Labute approximate surface area is 164 Å². The Morgan fingerprint density at radius 2 is 2.08 bits per heavy atom. The number of rotatable bonds is 4. The number of non-ortho nitro benzene ring substituents is 1. The summed E-state index contributed by atoms with van der Waals surface area (Å²) in [6, 6.07) is 9.48. The average molecular weight is 481 g/mol. The van der Waals surface area contributed by atoms with Gasteiger partial charge in [-0.05, 0) is 28.1 Å². The van der Waals surface area contributed by atoms with Gasteiger partial charge in [0.1, 0.15) is 5.75 Å². The van der Waals surface area contributed by atoms with Gasteiger partial charge in [-0.3, -0.25) is 10.1 Å². The smallest absolute Gasteiger partial charge is 0.270 e. The van der Waals surface area contributed by atoms with Crippen LogP contribution in [-0.2, 0) is 0 Å². The number of aromatic hydroxyl groups is 1. The molecule has 3 N–H and O–H groups in total. The van der Waals surface area contributed by atoms with Gasteiger partial charge < -0.3 is 10.8 Å². The summed E-state index contributed by atoms with van der Waals surface area (Å²) in [4.78, 5) is 14.6. The molecule has 0 bridgehead atoms. The highest BCUT2D eigenvalue weighted by molar-refractivity contribution is 9.11. The predicted molar refractivity (Wildman–Crippen MR) is 105 cm³/mol. The number of nitro benzene ring substituents is 1. The molecule has 0 unspecified atom stereocenters. The highest BCUT2D eigenvalue weighted by Crippen LogP contribution is 2.31. The van der Waals surface area contributed by atoms with Crippen molar-refractivity contribution in [3.63, 3.8) is 0 Å². The molecule has 0 saturated carbocycles. The summed E-state index contributed by atoms with van der Waals surface area (Å²) in [6.07, 6.45) is 2.98. The van der Waals surface area contributed by atoms with E-state index in [9.17, 15) is 15.2 Å². The number of nitrogen functional groups attached to an aromatic ring is 1. The molecule has 0 radical (unpaired) electrons. The van der Waals surface area contributed by atoms with Gasteiger partial charge in [0.25, 0.3) is 5.69 Å². The van der Waals surface area contributed by atoms with Gasteiger partial charge >= 0.3 is 0 Å². The number of halogens is 2. The molecule has 26 heavy (non-hydrogen) atoms. The Hall–Kier alpha value is -2.72. The quantitative estimate of drug-likeness (QED) is 0.330. The van der Waals surface area contributed by atoms with E-state index in [1.165, 1.54) is 23.0 Å². The lowest BCUT2D eigenvalue weighted by molar-refractivity contribution is -0.384. The molecule has 0 fully saturated rings. The van der Waals surface area contributed by atoms with E-state index in [1.54, 1.807) is 30.5 Å². The maximum atomic E-state index is 10.9. The first-order valence-electron chi connectivity index (χ1n) is 7.17. The summed E-state index contributed by atoms with van der Waals surface area (Å²) in [5.41, 5.74) is 7.29. The molecule has 0 atom stereocenters. The number of benzene rings is 2. The first kappa shape index (κ1) is 18.1. The predicted octanol–water partition coefficient (Wildman–Crippen LogP) is 4.15. The Kier molecular flexibility index (Phi) is 5.05. The van der Waals surface area contributed by atoms with Gasteiger partial charge in [-0.1, -0.05) is 28.1 Å². The first-order valence-corrected chi connectivity index (χ1v) is 8.76. The third kappa shape index (κ3) is 3.75. The van der Waals surface area contributed by atoms with Crippen molar-refractivity contribution in [1.29, 1.82) is 0 Å². The molecule has 0 amide bonds. The second-order valence-corrected chi connectivity index (χ2v) is 6.98. The topological polar surface area (TPSA) is 120 Å². The number of phenolic OH excluding ortho intramolecular Hbond substituents is 1. The largest absolute Gasteiger partial charge is 0.506 e. The average Bonchev–Trinajstić information content (AvgIpc) is 2.98. The van der Waals surface area contributed by atoms with E-state index in [2.05, 4.69) is 41.9 Å². The van der Waals surface area contributed by atoms with Gasteiger partial charge in [-0.2, -0.15) is 5.10 Å². The van der Waals surface area contributed by atoms with Gasteiger partial charge in [-0.25, -0.2) is 9.66 Å². The van der Waals surface area contributed by atoms with Crippen LogP contribution in [0.5, 0.6) is 5.75 Å². The molecule has 0 saturated heterocycles. The molecular formula is C16H11Br2N5O3. The van der Waals surface area contributed by atoms with Crippen LogP contribution >= 0.6 is 31.9 Å². The van der Waals surface area contributed by atoms with Crippen molar-refractivity contribution in [3.8, 4) is 17.0 Å². The number of aromatic nitrogens is 2. The Balaban J connectivity index is 1.94. The lowest BCUT2D eigenvalue weighted by Gasteiger charge is -2.03. The van der Waals surface area contributed by atoms with E-state index < -0.39 is 4.92 Å². The number of nitrogens with two attached hydrogens (primary N) is 1. The third-order valence-electron chi connectivity index (χ3n) is 3.45. The number of hydrogen-bond acceptors (Lipinski definition) is 6. The lowest BCUT2D eigenvalue weighted by atomic mass is 10.1. The minimum absolute atomic E-state index is 0.0366. The number of anilines is 1. The summed E-state index contributed by atoms with van der Waals surface area (Å²) in [5, 5.41) is 25.2. The van der Waals surface area contributed by atoms with Crippen molar-refractivity contribution in [1.82, 2.24) is 9.66 Å². The summed E-state index contributed by atoms with van der Waals surface area (Å²) in [7, 11) is 0. The zero-order valence-corrected chi connectivity index (χ0v) is 16.2. The number of imidazole rings is 1. The number of phenols is 1. The summed E-state index contributed by atoms with van der Waals surface area (Å²) < 4.78 is 2.60. The normalized spacial score (nSPS) is 11.2. The fourth-order valence-corrected chi connectivity index (χ4v) is 3.46. The highest BCUT2D eigenvalue weighted by Gasteiger charge is 2.11. The van der Waals surface area contributed by atoms with Crippen LogP contribution in [-0.4, -0.2) is 25.9 Å². The van der Waals surface area contributed by atoms with E-state index >= 15 is 0 Å². The van der Waals surface area contributed by atoms with Crippen LogP contribution in [0.15, 0.2) is 56.6 Å². The highest BCUT2D eigenvalue weighted by atomic mass is 79.9. The lowest BCUT2D eigenvalue weighted by Crippen LogP contribution is -1.97. The zero-order chi connectivity index (χ0) is 18.8. The minimum Gasteiger partial charge on any atom is -0.506 e. The maximum Gasteiger partial charge on any atom is 0.270 e. The van der Waals surface area contributed by atoms with Crippen molar-refractivity contribution < 1.29 is 10.0 Å². The molecule has 0 aliphatic rings. The van der Waals surface area contributed by atoms with Gasteiger partial charge in [0, 0.05) is 27.7 Å². The van der Waals surface area contributed by atoms with E-state index in [0.29, 0.717) is 21.3 Å². The fraction of sp³-hybridized carbons (Fsp3) is 0. The maximum absolute atomic E-state index is 10.9. The molecule has 132 valence electrons. The van der Waals surface area contributed by atoms with Crippen molar-refractivity contribution in [3.05, 3.63) is 67.2 Å². The molecule has 8 nitrogen and oxygen atoms in total. The summed E-state index contributed by atoms with van der Waals surface area (Å²) in [6.45, 7) is 0. The molecule has 0 spiro atoms. The molecule has 2 aromatic carbocycles. The first-order chi connectivity index (χ1) is 12.3. The van der Waals surface area contributed by atoms with Gasteiger partial charge in [0.2, 0.25) is 5.95 Å². The van der Waals surface area contributed by atoms with Crippen LogP contribution in [0.4, 0.5) is 11.6 Å². The third-order valence-corrected chi connectivity index (χ3v) is 4.51. The standard InChI is InChI=1S/C16H11Br2N5O3/c17-11-4-10(15(24)13(18)6-11)7-20-22-8-14(21-16(22)19)9-2-1-3-12(5-9)23(25)26/h1-8,24H,(H2,19,21). The molecule has 1 aromatic heterocycles. The molecule has 3 rings (SSSR count). The van der Waals surface area contributed by atoms with Crippen molar-refractivity contribution in [2.24, 2.45) is 5.10 Å². The van der Waals surface area contributed by atoms with Crippen molar-refractivity contribution >= 4 is 49.7 Å². The van der Waals surface area contributed by atoms with Gasteiger partial charge in [0.05, 0.1) is 27.5 Å². The van der Waals surface area contributed by atoms with Crippen LogP contribution in [0.25, 0.3) is 11.3 Å². The molecule has 0 aliphatic carbocycles. The van der Waals surface area contributed by atoms with Crippen molar-refractivity contribution in [2.75, 3.05) is 5.73 Å². The molecule has 10 heteroatoms. The summed E-state index contributed by atoms with van der Waals surface area (Å²) in [5.74, 6) is 0.144. The molecule has 0 aliphatic heterocycles. The van der Waals surface area contributed by atoms with Gasteiger partial charge in [-0.15, -0.1) is 0 Å². The Bertz CT molecular complexity index is 1030. The SMILES string of the molecule is Nc1nc(-c2cccc([N+](=O)[O-])c2)cn1N=Cc1cc(Br)cc(Br)c1O. The van der Waals surface area contributed by atoms with Crippen LogP contribution < -0.4 is 5.73 Å². The molecule has 1 heterocycles. The van der Waals surface area contributed by atoms with E-state index in [0.717, 1.165) is 4.47 Å². The van der Waals surface area contributed by atoms with Crippen LogP contribution in [0.2, 0.25) is 0 Å². The Morgan fingerprint density at radius 3 is 2.81 bits per heavy atom. The number of nitrogens with zero attached hydrogens (tertiary/aromatic N) is 4. The summed E-state index contributed by atoms with van der Waals surface area (Å²) >= 11 is 6.59. The number of nitro groups is 1. The fourth-order valence-electron chi connectivity index (χ4n) is 2.20. The van der Waals surface area contributed by atoms with Crippen LogP contribution in [0.3, 0.4) is 0 Å². The second kappa shape index (κ2) is 7.26. The molecular weight excluding hydrogens is 470 g/mol. The monoisotopic (exact) mass is 479 g/mol. The van der Waals surface area contributed by atoms with Gasteiger partial charge in [0.15, 0.2) is 0 Å².